The number of carbonyl (C=O) groups is 2. The Kier molecular flexibility index (Phi) is 5.74. The molecule has 1 aromatic rings. The van der Waals surface area contributed by atoms with E-state index in [-0.39, 0.29) is 29.3 Å². The van der Waals surface area contributed by atoms with Gasteiger partial charge in [0.05, 0.1) is 10.8 Å². The summed E-state index contributed by atoms with van der Waals surface area (Å²) >= 11 is 0. The van der Waals surface area contributed by atoms with E-state index >= 15 is 0 Å². The molecule has 1 aromatic carbocycles. The van der Waals surface area contributed by atoms with Crippen molar-refractivity contribution in [3.63, 3.8) is 0 Å². The summed E-state index contributed by atoms with van der Waals surface area (Å²) < 4.78 is 32.3. The highest BCUT2D eigenvalue weighted by Gasteiger charge is 2.40. The molecule has 0 spiro atoms. The van der Waals surface area contributed by atoms with Crippen LogP contribution in [0, 0.1) is 17.8 Å². The van der Waals surface area contributed by atoms with E-state index in [0.29, 0.717) is 24.7 Å². The molecule has 7 nitrogen and oxygen atoms in total. The normalized spacial score (nSPS) is 26.4. The van der Waals surface area contributed by atoms with Crippen LogP contribution in [0.25, 0.3) is 0 Å². The average Bonchev–Trinajstić information content (AvgIpc) is 3.37. The molecule has 1 saturated carbocycles. The number of nitrogens with one attached hydrogen (secondary N) is 1. The van der Waals surface area contributed by atoms with Crippen molar-refractivity contribution in [2.75, 3.05) is 25.0 Å². The van der Waals surface area contributed by atoms with Crippen molar-refractivity contribution < 1.29 is 22.7 Å². The second-order valence-electron chi connectivity index (χ2n) is 8.04. The van der Waals surface area contributed by atoms with Gasteiger partial charge in [0, 0.05) is 18.8 Å². The highest BCUT2D eigenvalue weighted by Crippen LogP contribution is 2.43. The second-order valence-corrected chi connectivity index (χ2v) is 9.97. The van der Waals surface area contributed by atoms with Crippen LogP contribution in [0.2, 0.25) is 0 Å². The molecule has 0 unspecified atom stereocenters. The lowest BCUT2D eigenvalue weighted by Crippen LogP contribution is -2.35. The fourth-order valence-electron chi connectivity index (χ4n) is 4.48. The maximum atomic E-state index is 12.8. The monoisotopic (exact) mass is 418 g/mol. The summed E-state index contributed by atoms with van der Waals surface area (Å²) in [5.74, 6) is -0.290. The number of anilines is 1. The van der Waals surface area contributed by atoms with Gasteiger partial charge in [-0.15, -0.1) is 0 Å². The summed E-state index contributed by atoms with van der Waals surface area (Å²) in [5, 5.41) is 2.62. The summed E-state index contributed by atoms with van der Waals surface area (Å²) in [6, 6.07) is 6.20. The molecule has 1 saturated heterocycles. The van der Waals surface area contributed by atoms with Gasteiger partial charge in [0.25, 0.3) is 5.91 Å². The summed E-state index contributed by atoms with van der Waals surface area (Å²) in [4.78, 5) is 24.6. The zero-order valence-electron chi connectivity index (χ0n) is 16.2. The number of sulfonamides is 1. The van der Waals surface area contributed by atoms with E-state index in [0.717, 1.165) is 32.1 Å². The molecule has 0 radical (unpaired) electrons. The van der Waals surface area contributed by atoms with E-state index in [4.69, 9.17) is 4.74 Å². The first kappa shape index (κ1) is 20.1. The Morgan fingerprint density at radius 2 is 1.90 bits per heavy atom. The van der Waals surface area contributed by atoms with Crippen LogP contribution in [0.4, 0.5) is 5.69 Å². The number of nitrogens with zero attached hydrogens (tertiary/aromatic N) is 1. The highest BCUT2D eigenvalue weighted by atomic mass is 32.2. The molecule has 3 aliphatic rings. The van der Waals surface area contributed by atoms with Crippen molar-refractivity contribution in [2.24, 2.45) is 17.8 Å². The third-order valence-electron chi connectivity index (χ3n) is 6.00. The first-order valence-corrected chi connectivity index (χ1v) is 11.6. The largest absolute Gasteiger partial charge is 0.455 e. The quantitative estimate of drug-likeness (QED) is 0.566. The highest BCUT2D eigenvalue weighted by molar-refractivity contribution is 7.89. The molecule has 2 bridgehead atoms. The molecule has 3 atom stereocenters. The summed E-state index contributed by atoms with van der Waals surface area (Å²) in [6.45, 7) is 0.666. The number of benzene rings is 1. The van der Waals surface area contributed by atoms with E-state index < -0.39 is 15.9 Å². The SMILES string of the molecule is O=C(COC(=O)[C@H]1C[C@@H]2C=C[C@H]1C2)Nc1cccc(S(=O)(=O)N2CCCCC2)c1. The molecule has 1 N–H and O–H groups in total. The lowest BCUT2D eigenvalue weighted by Gasteiger charge is -2.26. The molecule has 29 heavy (non-hydrogen) atoms. The number of piperidine rings is 1. The van der Waals surface area contributed by atoms with Gasteiger partial charge in [-0.2, -0.15) is 4.31 Å². The van der Waals surface area contributed by atoms with Crippen LogP contribution in [-0.2, 0) is 24.3 Å². The standard InChI is InChI=1S/C21H26N2O5S/c24-20(14-28-21(25)19-12-15-7-8-16(19)11-15)22-17-5-4-6-18(13-17)29(26,27)23-9-2-1-3-10-23/h4-8,13,15-16,19H,1-3,9-12,14H2,(H,22,24)/t15-,16+,19+/m1/s1. The van der Waals surface area contributed by atoms with Gasteiger partial charge >= 0.3 is 5.97 Å². The predicted molar refractivity (Wildman–Crippen MR) is 107 cm³/mol. The maximum Gasteiger partial charge on any atom is 0.310 e. The molecule has 8 heteroatoms. The van der Waals surface area contributed by atoms with E-state index in [1.54, 1.807) is 12.1 Å². The van der Waals surface area contributed by atoms with E-state index in [1.807, 2.05) is 0 Å². The van der Waals surface area contributed by atoms with E-state index in [2.05, 4.69) is 17.5 Å². The Hall–Kier alpha value is -2.19. The number of carbonyl (C=O) groups excluding carboxylic acids is 2. The zero-order valence-corrected chi connectivity index (χ0v) is 17.1. The van der Waals surface area contributed by atoms with Gasteiger partial charge in [-0.3, -0.25) is 9.59 Å². The number of allylic oxidation sites excluding steroid dienone is 2. The van der Waals surface area contributed by atoms with Gasteiger partial charge in [-0.25, -0.2) is 8.42 Å². The van der Waals surface area contributed by atoms with Crippen molar-refractivity contribution in [1.29, 1.82) is 0 Å². The number of esters is 1. The van der Waals surface area contributed by atoms with Gasteiger partial charge in [-0.1, -0.05) is 24.6 Å². The Balaban J connectivity index is 1.33. The smallest absolute Gasteiger partial charge is 0.310 e. The van der Waals surface area contributed by atoms with Gasteiger partial charge < -0.3 is 10.1 Å². The fourth-order valence-corrected chi connectivity index (χ4v) is 6.04. The number of ether oxygens (including phenoxy) is 1. The number of hydrogen-bond donors (Lipinski definition) is 1. The second kappa shape index (κ2) is 8.28. The van der Waals surface area contributed by atoms with Crippen molar-refractivity contribution in [3.8, 4) is 0 Å². The lowest BCUT2D eigenvalue weighted by molar-refractivity contribution is -0.152. The van der Waals surface area contributed by atoms with Crippen LogP contribution in [0.15, 0.2) is 41.3 Å². The molecule has 0 aromatic heterocycles. The maximum absolute atomic E-state index is 12.8. The first-order valence-electron chi connectivity index (χ1n) is 10.2. The van der Waals surface area contributed by atoms with Crippen LogP contribution in [0.1, 0.15) is 32.1 Å². The van der Waals surface area contributed by atoms with Crippen LogP contribution >= 0.6 is 0 Å². The van der Waals surface area contributed by atoms with Crippen LogP contribution in [0.5, 0.6) is 0 Å². The number of hydrogen-bond acceptors (Lipinski definition) is 5. The molecule has 156 valence electrons. The molecular weight excluding hydrogens is 392 g/mol. The predicted octanol–water partition coefficient (Wildman–Crippen LogP) is 2.56. The molecular formula is C21H26N2O5S. The Labute approximate surface area is 171 Å². The molecule has 2 aliphatic carbocycles. The minimum atomic E-state index is -3.57. The van der Waals surface area contributed by atoms with Gasteiger partial charge in [0.15, 0.2) is 6.61 Å². The number of rotatable bonds is 6. The third kappa shape index (κ3) is 4.38. The topological polar surface area (TPSA) is 92.8 Å². The summed E-state index contributed by atoms with van der Waals surface area (Å²) in [6.07, 6.45) is 8.75. The fraction of sp³-hybridized carbons (Fsp3) is 0.524. The summed E-state index contributed by atoms with van der Waals surface area (Å²) in [7, 11) is -3.57. The summed E-state index contributed by atoms with van der Waals surface area (Å²) in [5.41, 5.74) is 0.368. The molecule has 1 aliphatic heterocycles. The van der Waals surface area contributed by atoms with Crippen molar-refractivity contribution >= 4 is 27.6 Å². The third-order valence-corrected chi connectivity index (χ3v) is 7.89. The molecule has 1 amide bonds. The zero-order chi connectivity index (χ0) is 20.4. The van der Waals surface area contributed by atoms with Crippen LogP contribution in [-0.4, -0.2) is 44.3 Å². The van der Waals surface area contributed by atoms with E-state index in [9.17, 15) is 18.0 Å². The Bertz CT molecular complexity index is 921. The van der Waals surface area contributed by atoms with Gasteiger partial charge in [-0.05, 0) is 55.7 Å². The minimum absolute atomic E-state index is 0.156. The number of fused-ring (bicyclic) bond motifs is 2. The van der Waals surface area contributed by atoms with Crippen molar-refractivity contribution in [2.45, 2.75) is 37.0 Å². The Morgan fingerprint density at radius 3 is 2.59 bits per heavy atom. The van der Waals surface area contributed by atoms with Crippen molar-refractivity contribution in [1.82, 2.24) is 4.31 Å². The minimum Gasteiger partial charge on any atom is -0.455 e. The number of amides is 1. The van der Waals surface area contributed by atoms with Crippen molar-refractivity contribution in [3.05, 3.63) is 36.4 Å². The van der Waals surface area contributed by atoms with Gasteiger partial charge in [0.2, 0.25) is 10.0 Å². The lowest BCUT2D eigenvalue weighted by atomic mass is 9.94. The molecule has 4 rings (SSSR count). The van der Waals surface area contributed by atoms with E-state index in [1.165, 1.54) is 16.4 Å². The van der Waals surface area contributed by atoms with Crippen LogP contribution < -0.4 is 5.32 Å². The van der Waals surface area contributed by atoms with Crippen LogP contribution in [0.3, 0.4) is 0 Å². The first-order chi connectivity index (χ1) is 13.9. The average molecular weight is 419 g/mol. The Morgan fingerprint density at radius 1 is 1.10 bits per heavy atom. The molecule has 2 fully saturated rings. The van der Waals surface area contributed by atoms with Gasteiger partial charge in [0.1, 0.15) is 0 Å². The molecule has 1 heterocycles.